The molecule has 2 aromatic rings. The Labute approximate surface area is 143 Å². The first-order chi connectivity index (χ1) is 11.6. The third kappa shape index (κ3) is 3.35. The first kappa shape index (κ1) is 16.7. The number of para-hydroxylation sites is 1. The van der Waals surface area contributed by atoms with Gasteiger partial charge in [0, 0.05) is 17.8 Å². The fraction of sp³-hybridized carbons (Fsp3) is 0.350. The Morgan fingerprint density at radius 1 is 1.21 bits per heavy atom. The third-order valence-electron chi connectivity index (χ3n) is 4.67. The lowest BCUT2D eigenvalue weighted by molar-refractivity contribution is -0.119. The zero-order chi connectivity index (χ0) is 17.1. The Hall–Kier alpha value is -2.17. The van der Waals surface area contributed by atoms with Crippen molar-refractivity contribution in [2.75, 3.05) is 4.90 Å². The summed E-state index contributed by atoms with van der Waals surface area (Å²) in [5.74, 6) is 0.124. The Morgan fingerprint density at radius 3 is 2.67 bits per heavy atom. The lowest BCUT2D eigenvalue weighted by Crippen LogP contribution is -2.40. The number of nitrogens with zero attached hydrogens (tertiary/aromatic N) is 1. The van der Waals surface area contributed by atoms with Crippen LogP contribution in [-0.2, 0) is 11.4 Å². The van der Waals surface area contributed by atoms with E-state index in [1.807, 2.05) is 59.5 Å². The van der Waals surface area contributed by atoms with Crippen molar-refractivity contribution in [1.82, 2.24) is 5.32 Å². The van der Waals surface area contributed by atoms with Gasteiger partial charge in [0.15, 0.2) is 0 Å². The van der Waals surface area contributed by atoms with Gasteiger partial charge in [0.05, 0.1) is 12.6 Å². The topological polar surface area (TPSA) is 52.6 Å². The maximum Gasteiger partial charge on any atom is 0.244 e. The second-order valence-corrected chi connectivity index (χ2v) is 6.47. The van der Waals surface area contributed by atoms with Gasteiger partial charge in [0.2, 0.25) is 5.91 Å². The molecule has 0 bridgehead atoms. The second-order valence-electron chi connectivity index (χ2n) is 6.47. The molecule has 1 aliphatic rings. The Balaban J connectivity index is 1.73. The van der Waals surface area contributed by atoms with Gasteiger partial charge in [0.1, 0.15) is 0 Å². The third-order valence-corrected chi connectivity index (χ3v) is 4.67. The van der Waals surface area contributed by atoms with E-state index in [4.69, 9.17) is 0 Å². The van der Waals surface area contributed by atoms with E-state index in [0.29, 0.717) is 0 Å². The Kier molecular flexibility index (Phi) is 4.97. The normalized spacial score (nSPS) is 22.0. The maximum absolute atomic E-state index is 12.8. The molecule has 126 valence electrons. The molecule has 0 aromatic heterocycles. The molecule has 0 spiro atoms. The van der Waals surface area contributed by atoms with Crippen molar-refractivity contribution < 1.29 is 9.90 Å². The minimum absolute atomic E-state index is 0.0295. The molecule has 0 radical (unpaired) electrons. The van der Waals surface area contributed by atoms with E-state index in [0.717, 1.165) is 23.2 Å². The molecule has 0 aliphatic carbocycles. The van der Waals surface area contributed by atoms with Gasteiger partial charge in [-0.2, -0.15) is 0 Å². The van der Waals surface area contributed by atoms with Gasteiger partial charge in [0.25, 0.3) is 0 Å². The van der Waals surface area contributed by atoms with Crippen LogP contribution in [0.1, 0.15) is 37.4 Å². The van der Waals surface area contributed by atoms with Crippen LogP contribution in [-0.4, -0.2) is 23.1 Å². The average molecular weight is 324 g/mol. The largest absolute Gasteiger partial charge is 0.392 e. The van der Waals surface area contributed by atoms with Gasteiger partial charge in [-0.25, -0.2) is 0 Å². The molecule has 2 N–H and O–H groups in total. The SMILES string of the molecule is CC(NC1CC(C)N(c2ccccc2)C1=O)c1cccc(CO)c1. The molecule has 3 unspecified atom stereocenters. The van der Waals surface area contributed by atoms with Crippen molar-refractivity contribution >= 4 is 11.6 Å². The minimum atomic E-state index is -0.187. The standard InChI is InChI=1S/C20H24N2O2/c1-14-11-19(20(24)22(14)18-9-4-3-5-10-18)21-15(2)17-8-6-7-16(12-17)13-23/h3-10,12,14-15,19,21,23H,11,13H2,1-2H3. The van der Waals surface area contributed by atoms with E-state index in [2.05, 4.69) is 19.2 Å². The van der Waals surface area contributed by atoms with E-state index in [-0.39, 0.29) is 30.6 Å². The number of carbonyl (C=O) groups excluding carboxylic acids is 1. The number of rotatable bonds is 5. The van der Waals surface area contributed by atoms with Gasteiger partial charge in [-0.15, -0.1) is 0 Å². The van der Waals surface area contributed by atoms with Gasteiger partial charge in [-0.05, 0) is 43.5 Å². The van der Waals surface area contributed by atoms with E-state index in [9.17, 15) is 9.90 Å². The molecule has 0 saturated carbocycles. The number of aliphatic hydroxyl groups excluding tert-OH is 1. The number of anilines is 1. The van der Waals surface area contributed by atoms with Crippen molar-refractivity contribution in [3.63, 3.8) is 0 Å². The van der Waals surface area contributed by atoms with Crippen LogP contribution in [0, 0.1) is 0 Å². The summed E-state index contributed by atoms with van der Waals surface area (Å²) in [7, 11) is 0. The lowest BCUT2D eigenvalue weighted by Gasteiger charge is -2.22. The molecular formula is C20H24N2O2. The van der Waals surface area contributed by atoms with Crippen LogP contribution in [0.2, 0.25) is 0 Å². The molecule has 24 heavy (non-hydrogen) atoms. The van der Waals surface area contributed by atoms with Gasteiger partial charge >= 0.3 is 0 Å². The van der Waals surface area contributed by atoms with Gasteiger partial charge < -0.3 is 10.0 Å². The first-order valence-corrected chi connectivity index (χ1v) is 8.44. The number of nitrogens with one attached hydrogen (secondary N) is 1. The molecule has 3 rings (SSSR count). The molecule has 1 fully saturated rings. The molecule has 2 aromatic carbocycles. The number of hydrogen-bond acceptors (Lipinski definition) is 3. The molecule has 1 heterocycles. The van der Waals surface area contributed by atoms with Crippen LogP contribution in [0.5, 0.6) is 0 Å². The van der Waals surface area contributed by atoms with Crippen molar-refractivity contribution in [2.24, 2.45) is 0 Å². The minimum Gasteiger partial charge on any atom is -0.392 e. The molecule has 1 saturated heterocycles. The van der Waals surface area contributed by atoms with Crippen molar-refractivity contribution in [3.8, 4) is 0 Å². The Morgan fingerprint density at radius 2 is 1.96 bits per heavy atom. The number of hydrogen-bond donors (Lipinski definition) is 2. The van der Waals surface area contributed by atoms with E-state index in [1.165, 1.54) is 0 Å². The van der Waals surface area contributed by atoms with Crippen LogP contribution in [0.25, 0.3) is 0 Å². The molecule has 1 aliphatic heterocycles. The summed E-state index contributed by atoms with van der Waals surface area (Å²) in [6.07, 6.45) is 0.789. The Bertz CT molecular complexity index is 702. The quantitative estimate of drug-likeness (QED) is 0.889. The molecule has 4 heteroatoms. The summed E-state index contributed by atoms with van der Waals surface area (Å²) in [4.78, 5) is 14.7. The maximum atomic E-state index is 12.8. The second kappa shape index (κ2) is 7.16. The fourth-order valence-corrected chi connectivity index (χ4v) is 3.40. The van der Waals surface area contributed by atoms with E-state index in [1.54, 1.807) is 0 Å². The average Bonchev–Trinajstić information content (AvgIpc) is 2.89. The number of aliphatic hydroxyl groups is 1. The highest BCUT2D eigenvalue weighted by atomic mass is 16.3. The summed E-state index contributed by atoms with van der Waals surface area (Å²) >= 11 is 0. The number of carbonyl (C=O) groups is 1. The highest BCUT2D eigenvalue weighted by molar-refractivity contribution is 6.00. The molecule has 4 nitrogen and oxygen atoms in total. The highest BCUT2D eigenvalue weighted by Crippen LogP contribution is 2.28. The summed E-state index contributed by atoms with van der Waals surface area (Å²) in [6.45, 7) is 4.17. The van der Waals surface area contributed by atoms with Crippen LogP contribution in [0.15, 0.2) is 54.6 Å². The van der Waals surface area contributed by atoms with Crippen LogP contribution in [0.4, 0.5) is 5.69 Å². The first-order valence-electron chi connectivity index (χ1n) is 8.44. The summed E-state index contributed by atoms with van der Waals surface area (Å²) in [5, 5.41) is 12.7. The lowest BCUT2D eigenvalue weighted by atomic mass is 10.0. The van der Waals surface area contributed by atoms with Crippen molar-refractivity contribution in [3.05, 3.63) is 65.7 Å². The summed E-state index contributed by atoms with van der Waals surface area (Å²) in [5.41, 5.74) is 2.92. The van der Waals surface area contributed by atoms with Crippen molar-refractivity contribution in [1.29, 1.82) is 0 Å². The predicted molar refractivity (Wildman–Crippen MR) is 95.7 cm³/mol. The summed E-state index contributed by atoms with van der Waals surface area (Å²) in [6, 6.07) is 17.7. The van der Waals surface area contributed by atoms with Crippen LogP contribution in [0.3, 0.4) is 0 Å². The zero-order valence-electron chi connectivity index (χ0n) is 14.1. The zero-order valence-corrected chi connectivity index (χ0v) is 14.1. The smallest absolute Gasteiger partial charge is 0.244 e. The number of benzene rings is 2. The molecule has 3 atom stereocenters. The van der Waals surface area contributed by atoms with Crippen molar-refractivity contribution in [2.45, 2.75) is 45.0 Å². The summed E-state index contributed by atoms with van der Waals surface area (Å²) < 4.78 is 0. The van der Waals surface area contributed by atoms with Crippen LogP contribution < -0.4 is 10.2 Å². The number of amides is 1. The van der Waals surface area contributed by atoms with Crippen LogP contribution >= 0.6 is 0 Å². The highest BCUT2D eigenvalue weighted by Gasteiger charge is 2.38. The fourth-order valence-electron chi connectivity index (χ4n) is 3.40. The monoisotopic (exact) mass is 324 g/mol. The van der Waals surface area contributed by atoms with E-state index >= 15 is 0 Å². The van der Waals surface area contributed by atoms with Gasteiger partial charge in [-0.1, -0.05) is 42.5 Å². The predicted octanol–water partition coefficient (Wildman–Crippen LogP) is 3.02. The van der Waals surface area contributed by atoms with Gasteiger partial charge in [-0.3, -0.25) is 10.1 Å². The molecule has 1 amide bonds. The molecular weight excluding hydrogens is 300 g/mol. The van der Waals surface area contributed by atoms with E-state index < -0.39 is 0 Å².